The summed E-state index contributed by atoms with van der Waals surface area (Å²) < 4.78 is 0. The van der Waals surface area contributed by atoms with Crippen LogP contribution in [0.2, 0.25) is 0 Å². The average molecular weight is 277 g/mol. The maximum absolute atomic E-state index is 6.41. The molecule has 0 aromatic heterocycles. The van der Waals surface area contributed by atoms with E-state index in [0.29, 0.717) is 12.0 Å². The maximum Gasteiger partial charge on any atom is 0.0333 e. The summed E-state index contributed by atoms with van der Waals surface area (Å²) in [4.78, 5) is 4.77. The van der Waals surface area contributed by atoms with E-state index in [1.165, 1.54) is 5.56 Å². The van der Waals surface area contributed by atoms with Gasteiger partial charge in [-0.05, 0) is 39.0 Å². The van der Waals surface area contributed by atoms with Gasteiger partial charge in [-0.3, -0.25) is 4.90 Å². The molecule has 2 N–H and O–H groups in total. The third-order valence-electron chi connectivity index (χ3n) is 3.98. The van der Waals surface area contributed by atoms with E-state index in [0.717, 1.165) is 19.6 Å². The predicted molar refractivity (Wildman–Crippen MR) is 87.8 cm³/mol. The molecule has 0 radical (unpaired) electrons. The van der Waals surface area contributed by atoms with Crippen LogP contribution in [0.1, 0.15) is 32.4 Å². The second-order valence-electron chi connectivity index (χ2n) is 6.11. The molecule has 1 rings (SSSR count). The van der Waals surface area contributed by atoms with Crippen molar-refractivity contribution in [3.63, 3.8) is 0 Å². The molecule has 0 heterocycles. The van der Waals surface area contributed by atoms with Crippen LogP contribution in [0.25, 0.3) is 0 Å². The predicted octanol–water partition coefficient (Wildman–Crippen LogP) is 2.59. The molecule has 1 aromatic rings. The average Bonchev–Trinajstić information content (AvgIpc) is 2.43. The van der Waals surface area contributed by atoms with Crippen molar-refractivity contribution in [1.82, 2.24) is 9.80 Å². The number of likely N-dealkylation sites (N-methyl/N-ethyl adjacent to an activating group) is 2. The fourth-order valence-electron chi connectivity index (χ4n) is 2.75. The lowest BCUT2D eigenvalue weighted by atomic mass is 9.94. The Bertz CT molecular complexity index is 364. The summed E-state index contributed by atoms with van der Waals surface area (Å²) in [5.41, 5.74) is 7.64. The normalized spacial score (nSPS) is 16.4. The van der Waals surface area contributed by atoms with E-state index >= 15 is 0 Å². The first-order valence-corrected chi connectivity index (χ1v) is 7.65. The second-order valence-corrected chi connectivity index (χ2v) is 6.11. The van der Waals surface area contributed by atoms with E-state index in [9.17, 15) is 0 Å². The highest BCUT2D eigenvalue weighted by Crippen LogP contribution is 2.20. The van der Waals surface area contributed by atoms with Crippen LogP contribution >= 0.6 is 0 Å². The van der Waals surface area contributed by atoms with Crippen LogP contribution in [0.4, 0.5) is 0 Å². The van der Waals surface area contributed by atoms with Gasteiger partial charge in [0.05, 0.1) is 0 Å². The Kier molecular flexibility index (Phi) is 7.20. The molecule has 20 heavy (non-hydrogen) atoms. The number of nitrogens with two attached hydrogens (primary N) is 1. The lowest BCUT2D eigenvalue weighted by molar-refractivity contribution is 0.153. The van der Waals surface area contributed by atoms with Crippen molar-refractivity contribution < 1.29 is 0 Å². The Morgan fingerprint density at radius 2 is 1.65 bits per heavy atom. The van der Waals surface area contributed by atoms with Gasteiger partial charge in [-0.2, -0.15) is 0 Å². The Balaban J connectivity index is 2.60. The summed E-state index contributed by atoms with van der Waals surface area (Å²) in [7, 11) is 4.26. The number of benzene rings is 1. The van der Waals surface area contributed by atoms with Crippen molar-refractivity contribution in [2.75, 3.05) is 33.7 Å². The van der Waals surface area contributed by atoms with Gasteiger partial charge in [-0.15, -0.1) is 0 Å². The van der Waals surface area contributed by atoms with Crippen LogP contribution in [0.5, 0.6) is 0 Å². The molecule has 3 atom stereocenters. The van der Waals surface area contributed by atoms with Crippen LogP contribution in [-0.4, -0.2) is 49.6 Å². The molecule has 3 unspecified atom stereocenters. The minimum Gasteiger partial charge on any atom is -0.324 e. The molecular formula is C17H31N3. The summed E-state index contributed by atoms with van der Waals surface area (Å²) in [5.74, 6) is 0.446. The topological polar surface area (TPSA) is 32.5 Å². The maximum atomic E-state index is 6.41. The zero-order chi connectivity index (χ0) is 15.1. The van der Waals surface area contributed by atoms with Crippen LogP contribution in [0.15, 0.2) is 30.3 Å². The third-order valence-corrected chi connectivity index (χ3v) is 3.98. The second kappa shape index (κ2) is 8.40. The molecular weight excluding hydrogens is 246 g/mol. The molecule has 3 nitrogen and oxygen atoms in total. The highest BCUT2D eigenvalue weighted by Gasteiger charge is 2.20. The van der Waals surface area contributed by atoms with Crippen LogP contribution in [-0.2, 0) is 0 Å². The Labute approximate surface area is 124 Å². The Morgan fingerprint density at radius 3 is 2.15 bits per heavy atom. The molecule has 0 aliphatic rings. The smallest absolute Gasteiger partial charge is 0.0333 e. The summed E-state index contributed by atoms with van der Waals surface area (Å²) in [6.45, 7) is 9.98. The molecule has 0 aliphatic heterocycles. The molecule has 0 aliphatic carbocycles. The summed E-state index contributed by atoms with van der Waals surface area (Å²) in [6.07, 6.45) is 0. The Morgan fingerprint density at radius 1 is 1.05 bits per heavy atom. The van der Waals surface area contributed by atoms with E-state index in [2.05, 4.69) is 68.9 Å². The van der Waals surface area contributed by atoms with Crippen LogP contribution in [0.3, 0.4) is 0 Å². The van der Waals surface area contributed by atoms with Crippen molar-refractivity contribution in [3.8, 4) is 0 Å². The van der Waals surface area contributed by atoms with E-state index in [-0.39, 0.29) is 6.04 Å². The van der Waals surface area contributed by atoms with Crippen molar-refractivity contribution >= 4 is 0 Å². The van der Waals surface area contributed by atoms with Gasteiger partial charge in [0.1, 0.15) is 0 Å². The number of rotatable bonds is 8. The van der Waals surface area contributed by atoms with Gasteiger partial charge < -0.3 is 10.6 Å². The highest BCUT2D eigenvalue weighted by molar-refractivity contribution is 5.19. The molecule has 0 spiro atoms. The summed E-state index contributed by atoms with van der Waals surface area (Å²) in [6, 6.07) is 11.1. The molecule has 0 saturated heterocycles. The first kappa shape index (κ1) is 17.2. The van der Waals surface area contributed by atoms with E-state index in [4.69, 9.17) is 5.73 Å². The molecule has 3 heteroatoms. The minimum atomic E-state index is 0.108. The minimum absolute atomic E-state index is 0.108. The zero-order valence-electron chi connectivity index (χ0n) is 13.7. The van der Waals surface area contributed by atoms with Crippen LogP contribution in [0, 0.1) is 5.92 Å². The SMILES string of the molecule is CCN(CC(C)C(N)c1ccccc1)C(C)CN(C)C. The van der Waals surface area contributed by atoms with Crippen molar-refractivity contribution in [3.05, 3.63) is 35.9 Å². The van der Waals surface area contributed by atoms with Crippen molar-refractivity contribution in [2.24, 2.45) is 11.7 Å². The number of hydrogen-bond acceptors (Lipinski definition) is 3. The molecule has 0 saturated carbocycles. The lowest BCUT2D eigenvalue weighted by Crippen LogP contribution is -2.43. The molecule has 0 amide bonds. The number of hydrogen-bond donors (Lipinski definition) is 1. The molecule has 0 fully saturated rings. The summed E-state index contributed by atoms with van der Waals surface area (Å²) >= 11 is 0. The monoisotopic (exact) mass is 277 g/mol. The Hall–Kier alpha value is -0.900. The first-order chi connectivity index (χ1) is 9.45. The quantitative estimate of drug-likeness (QED) is 0.793. The zero-order valence-corrected chi connectivity index (χ0v) is 13.7. The highest BCUT2D eigenvalue weighted by atomic mass is 15.2. The fourth-order valence-corrected chi connectivity index (χ4v) is 2.75. The van der Waals surface area contributed by atoms with Crippen molar-refractivity contribution in [2.45, 2.75) is 32.9 Å². The largest absolute Gasteiger partial charge is 0.324 e. The van der Waals surface area contributed by atoms with Gasteiger partial charge in [0, 0.05) is 25.2 Å². The van der Waals surface area contributed by atoms with E-state index in [1.54, 1.807) is 0 Å². The van der Waals surface area contributed by atoms with E-state index in [1.807, 2.05) is 6.07 Å². The van der Waals surface area contributed by atoms with Gasteiger partial charge in [0.25, 0.3) is 0 Å². The standard InChI is InChI=1S/C17H31N3/c1-6-20(15(3)13-19(4)5)12-14(2)17(18)16-10-8-7-9-11-16/h7-11,14-15,17H,6,12-13,18H2,1-5H3. The fraction of sp³-hybridized carbons (Fsp3) is 0.647. The first-order valence-electron chi connectivity index (χ1n) is 7.65. The third kappa shape index (κ3) is 5.23. The van der Waals surface area contributed by atoms with Crippen LogP contribution < -0.4 is 5.73 Å². The molecule has 0 bridgehead atoms. The van der Waals surface area contributed by atoms with E-state index < -0.39 is 0 Å². The summed E-state index contributed by atoms with van der Waals surface area (Å²) in [5, 5.41) is 0. The van der Waals surface area contributed by atoms with Gasteiger partial charge >= 0.3 is 0 Å². The van der Waals surface area contributed by atoms with Gasteiger partial charge in [-0.25, -0.2) is 0 Å². The van der Waals surface area contributed by atoms with Crippen molar-refractivity contribution in [1.29, 1.82) is 0 Å². The lowest BCUT2D eigenvalue weighted by Gasteiger charge is -2.33. The molecule has 114 valence electrons. The van der Waals surface area contributed by atoms with Gasteiger partial charge in [0.15, 0.2) is 0 Å². The number of nitrogens with zero attached hydrogens (tertiary/aromatic N) is 2. The van der Waals surface area contributed by atoms with Gasteiger partial charge in [0.2, 0.25) is 0 Å². The molecule has 1 aromatic carbocycles. The van der Waals surface area contributed by atoms with Gasteiger partial charge in [-0.1, -0.05) is 44.2 Å².